The molecule has 1 heterocycles. The second kappa shape index (κ2) is 6.78. The lowest BCUT2D eigenvalue weighted by Crippen LogP contribution is -2.25. The summed E-state index contributed by atoms with van der Waals surface area (Å²) < 4.78 is 0. The fourth-order valence-corrected chi connectivity index (χ4v) is 7.70. The number of hydrogen-bond donors (Lipinski definition) is 0. The molecule has 0 spiro atoms. The number of fused-ring (bicyclic) bond motifs is 1. The molecule has 27 heavy (non-hydrogen) atoms. The quantitative estimate of drug-likeness (QED) is 0.553. The van der Waals surface area contributed by atoms with Crippen molar-refractivity contribution in [1.82, 2.24) is 0 Å². The van der Waals surface area contributed by atoms with Gasteiger partial charge in [0.15, 0.2) is 0 Å². The molecule has 0 aliphatic carbocycles. The van der Waals surface area contributed by atoms with Gasteiger partial charge in [-0.25, -0.2) is 0 Å². The molecule has 1 aliphatic heterocycles. The summed E-state index contributed by atoms with van der Waals surface area (Å²) in [6.07, 6.45) is 0. The van der Waals surface area contributed by atoms with Crippen LogP contribution in [0.2, 0.25) is 0 Å². The van der Waals surface area contributed by atoms with Crippen molar-refractivity contribution in [2.75, 3.05) is 11.9 Å². The van der Waals surface area contributed by atoms with E-state index in [1.54, 1.807) is 0 Å². The van der Waals surface area contributed by atoms with Gasteiger partial charge in [-0.1, -0.05) is 105 Å². The highest BCUT2D eigenvalue weighted by Crippen LogP contribution is 2.53. The molecule has 136 valence electrons. The van der Waals surface area contributed by atoms with E-state index in [-0.39, 0.29) is 5.41 Å². The van der Waals surface area contributed by atoms with Crippen LogP contribution in [0.5, 0.6) is 0 Å². The topological polar surface area (TPSA) is 3.24 Å². The molecule has 0 radical (unpaired) electrons. The first-order chi connectivity index (χ1) is 12.9. The SMILES string of the molecule is CN1/C(=C\P(=S)(c2ccccc2)c2ccccc2)C(C)(C)c2ccccc21. The fourth-order valence-electron chi connectivity index (χ4n) is 4.00. The number of hydrogen-bond acceptors (Lipinski definition) is 2. The Morgan fingerprint density at radius 3 is 1.78 bits per heavy atom. The van der Waals surface area contributed by atoms with Gasteiger partial charge < -0.3 is 4.90 Å². The molecule has 3 aromatic carbocycles. The maximum Gasteiger partial charge on any atom is 0.0448 e. The second-order valence-corrected chi connectivity index (χ2v) is 11.9. The first-order valence-electron chi connectivity index (χ1n) is 9.22. The number of allylic oxidation sites excluding steroid dienone is 1. The number of nitrogens with zero attached hydrogens (tertiary/aromatic N) is 1. The van der Waals surface area contributed by atoms with Gasteiger partial charge in [0.05, 0.1) is 0 Å². The molecule has 4 rings (SSSR count). The largest absolute Gasteiger partial charge is 0.347 e. The predicted octanol–water partition coefficient (Wildman–Crippen LogP) is 5.39. The summed E-state index contributed by atoms with van der Waals surface area (Å²) in [4.78, 5) is 2.32. The van der Waals surface area contributed by atoms with Gasteiger partial charge in [0, 0.05) is 29.9 Å². The molecule has 1 aliphatic rings. The summed E-state index contributed by atoms with van der Waals surface area (Å²) in [6.45, 7) is 4.60. The number of anilines is 1. The van der Waals surface area contributed by atoms with E-state index >= 15 is 0 Å². The molecule has 3 aromatic rings. The van der Waals surface area contributed by atoms with Crippen LogP contribution in [-0.2, 0) is 17.2 Å². The van der Waals surface area contributed by atoms with Crippen LogP contribution < -0.4 is 15.5 Å². The van der Waals surface area contributed by atoms with Crippen molar-refractivity contribution < 1.29 is 0 Å². The average Bonchev–Trinajstić information content (AvgIpc) is 2.90. The Labute approximate surface area is 167 Å². The molecule has 0 saturated carbocycles. The van der Waals surface area contributed by atoms with E-state index in [1.165, 1.54) is 27.6 Å². The van der Waals surface area contributed by atoms with E-state index < -0.39 is 6.04 Å². The third-order valence-corrected chi connectivity index (χ3v) is 9.84. The average molecular weight is 390 g/mol. The molecule has 1 nitrogen and oxygen atoms in total. The van der Waals surface area contributed by atoms with Crippen LogP contribution in [-0.4, -0.2) is 7.05 Å². The second-order valence-electron chi connectivity index (χ2n) is 7.54. The van der Waals surface area contributed by atoms with Gasteiger partial charge >= 0.3 is 0 Å². The van der Waals surface area contributed by atoms with Gasteiger partial charge in [-0.2, -0.15) is 0 Å². The Bertz CT molecular complexity index is 995. The number of rotatable bonds is 3. The van der Waals surface area contributed by atoms with E-state index in [4.69, 9.17) is 11.8 Å². The van der Waals surface area contributed by atoms with E-state index in [0.29, 0.717) is 0 Å². The monoisotopic (exact) mass is 389 g/mol. The lowest BCUT2D eigenvalue weighted by atomic mass is 9.84. The highest BCUT2D eigenvalue weighted by Gasteiger charge is 2.39. The minimum absolute atomic E-state index is 0.0705. The minimum Gasteiger partial charge on any atom is -0.347 e. The Morgan fingerprint density at radius 1 is 0.778 bits per heavy atom. The summed E-state index contributed by atoms with van der Waals surface area (Å²) in [7, 11) is 2.16. The Morgan fingerprint density at radius 2 is 1.26 bits per heavy atom. The number of benzene rings is 3. The molecule has 0 atom stereocenters. The van der Waals surface area contributed by atoms with Crippen LogP contribution in [0.3, 0.4) is 0 Å². The zero-order valence-corrected chi connectivity index (χ0v) is 17.7. The predicted molar refractivity (Wildman–Crippen MR) is 122 cm³/mol. The molecular weight excluding hydrogens is 365 g/mol. The summed E-state index contributed by atoms with van der Waals surface area (Å²) in [6, 6.07) is 27.8. The Hall–Kier alpha value is -2.15. The van der Waals surface area contributed by atoms with Gasteiger partial charge in [0.25, 0.3) is 0 Å². The zero-order valence-electron chi connectivity index (χ0n) is 16.0. The number of likely N-dealkylation sites (N-methyl/N-ethyl adjacent to an activating group) is 1. The van der Waals surface area contributed by atoms with E-state index in [9.17, 15) is 0 Å². The van der Waals surface area contributed by atoms with Crippen molar-refractivity contribution in [1.29, 1.82) is 0 Å². The van der Waals surface area contributed by atoms with Gasteiger partial charge in [-0.3, -0.25) is 0 Å². The van der Waals surface area contributed by atoms with Crippen molar-refractivity contribution in [2.24, 2.45) is 0 Å². The minimum atomic E-state index is -2.09. The molecular formula is C24H24NPS. The molecule has 0 saturated heterocycles. The summed E-state index contributed by atoms with van der Waals surface area (Å²) in [5, 5.41) is 2.47. The Balaban J connectivity index is 1.95. The van der Waals surface area contributed by atoms with Crippen LogP contribution >= 0.6 is 6.04 Å². The van der Waals surface area contributed by atoms with Gasteiger partial charge in [0.2, 0.25) is 0 Å². The third kappa shape index (κ3) is 2.98. The third-order valence-electron chi connectivity index (χ3n) is 5.52. The molecule has 0 unspecified atom stereocenters. The Kier molecular flexibility index (Phi) is 4.58. The highest BCUT2D eigenvalue weighted by atomic mass is 32.4. The zero-order chi connectivity index (χ0) is 19.1. The highest BCUT2D eigenvalue weighted by molar-refractivity contribution is 8.23. The van der Waals surface area contributed by atoms with Gasteiger partial charge in [-0.15, -0.1) is 0 Å². The first kappa shape index (κ1) is 18.2. The normalized spacial score (nSPS) is 17.1. The molecule has 0 N–H and O–H groups in total. The lowest BCUT2D eigenvalue weighted by molar-refractivity contribution is 0.642. The van der Waals surface area contributed by atoms with Gasteiger partial charge in [-0.05, 0) is 28.1 Å². The van der Waals surface area contributed by atoms with Crippen LogP contribution in [0.15, 0.2) is 96.4 Å². The fraction of sp³-hybridized carbons (Fsp3) is 0.167. The van der Waals surface area contributed by atoms with E-state index in [0.717, 1.165) is 0 Å². The maximum absolute atomic E-state index is 6.45. The van der Waals surface area contributed by atoms with Crippen LogP contribution in [0.4, 0.5) is 5.69 Å². The van der Waals surface area contributed by atoms with Crippen molar-refractivity contribution in [2.45, 2.75) is 19.3 Å². The molecule has 0 fully saturated rings. The molecule has 0 aromatic heterocycles. The van der Waals surface area contributed by atoms with Crippen molar-refractivity contribution in [3.05, 3.63) is 102 Å². The maximum atomic E-state index is 6.45. The first-order valence-corrected chi connectivity index (χ1v) is 12.1. The smallest absolute Gasteiger partial charge is 0.0448 e. The van der Waals surface area contributed by atoms with Crippen molar-refractivity contribution in [3.8, 4) is 0 Å². The standard InChI is InChI=1S/C24H24NPS/c1-24(2)21-16-10-11-17-22(21)25(3)23(24)18-26(27,19-12-6-4-7-13-19)20-14-8-5-9-15-20/h4-18H,1-3H3/b23-18-. The summed E-state index contributed by atoms with van der Waals surface area (Å²) in [5.41, 5.74) is 3.86. The van der Waals surface area contributed by atoms with Crippen LogP contribution in [0.1, 0.15) is 19.4 Å². The van der Waals surface area contributed by atoms with Crippen LogP contribution in [0, 0.1) is 0 Å². The summed E-state index contributed by atoms with van der Waals surface area (Å²) in [5.74, 6) is 2.40. The van der Waals surface area contributed by atoms with E-state index in [2.05, 4.69) is 117 Å². The van der Waals surface area contributed by atoms with Crippen LogP contribution in [0.25, 0.3) is 0 Å². The van der Waals surface area contributed by atoms with E-state index in [1.807, 2.05) is 0 Å². The molecule has 0 amide bonds. The van der Waals surface area contributed by atoms with Crippen molar-refractivity contribution >= 4 is 34.1 Å². The van der Waals surface area contributed by atoms with Crippen molar-refractivity contribution in [3.63, 3.8) is 0 Å². The molecule has 3 heteroatoms. The number of para-hydroxylation sites is 1. The molecule has 0 bridgehead atoms. The lowest BCUT2D eigenvalue weighted by Gasteiger charge is -2.28. The van der Waals surface area contributed by atoms with Gasteiger partial charge in [0.1, 0.15) is 0 Å². The summed E-state index contributed by atoms with van der Waals surface area (Å²) >= 11 is 6.45.